The number of carbonyl (C=O) groups is 1. The number of aromatic nitrogens is 2. The predicted octanol–water partition coefficient (Wildman–Crippen LogP) is 0.159. The SMILES string of the molecule is O=C(CCc1nc2ccccc2c(=O)[nH]1)N[C@@H]1CCS(=O)(=O)C1. The number of nitrogens with one attached hydrogen (secondary N) is 2. The summed E-state index contributed by atoms with van der Waals surface area (Å²) in [6.45, 7) is 0. The number of sulfone groups is 1. The van der Waals surface area contributed by atoms with Gasteiger partial charge < -0.3 is 10.3 Å². The quantitative estimate of drug-likeness (QED) is 0.827. The zero-order chi connectivity index (χ0) is 16.4. The van der Waals surface area contributed by atoms with Crippen molar-refractivity contribution in [3.8, 4) is 0 Å². The number of para-hydroxylation sites is 1. The number of hydrogen-bond acceptors (Lipinski definition) is 5. The zero-order valence-electron chi connectivity index (χ0n) is 12.4. The van der Waals surface area contributed by atoms with Crippen LogP contribution in [0.4, 0.5) is 0 Å². The maximum Gasteiger partial charge on any atom is 0.258 e. The number of aromatic amines is 1. The number of benzene rings is 1. The molecule has 2 N–H and O–H groups in total. The second-order valence-corrected chi connectivity index (χ2v) is 7.93. The molecule has 8 heteroatoms. The van der Waals surface area contributed by atoms with Gasteiger partial charge in [0.1, 0.15) is 5.82 Å². The molecule has 122 valence electrons. The lowest BCUT2D eigenvalue weighted by molar-refractivity contribution is -0.121. The van der Waals surface area contributed by atoms with Crippen molar-refractivity contribution < 1.29 is 13.2 Å². The molecule has 1 aromatic heterocycles. The van der Waals surface area contributed by atoms with Gasteiger partial charge in [0.2, 0.25) is 5.91 Å². The van der Waals surface area contributed by atoms with Crippen LogP contribution in [0.1, 0.15) is 18.7 Å². The molecule has 0 saturated carbocycles. The van der Waals surface area contributed by atoms with Gasteiger partial charge in [-0.25, -0.2) is 13.4 Å². The topological polar surface area (TPSA) is 109 Å². The molecule has 1 amide bonds. The van der Waals surface area contributed by atoms with Crippen LogP contribution in [0.25, 0.3) is 10.9 Å². The van der Waals surface area contributed by atoms with Gasteiger partial charge >= 0.3 is 0 Å². The fourth-order valence-electron chi connectivity index (χ4n) is 2.69. The molecular weight excluding hydrogens is 318 g/mol. The maximum absolute atomic E-state index is 11.9. The smallest absolute Gasteiger partial charge is 0.258 e. The summed E-state index contributed by atoms with van der Waals surface area (Å²) in [7, 11) is -3.01. The molecule has 2 heterocycles. The van der Waals surface area contributed by atoms with Crippen LogP contribution in [-0.2, 0) is 21.1 Å². The first-order chi connectivity index (χ1) is 10.9. The van der Waals surface area contributed by atoms with Crippen molar-refractivity contribution in [2.24, 2.45) is 0 Å². The zero-order valence-corrected chi connectivity index (χ0v) is 13.2. The minimum atomic E-state index is -3.01. The van der Waals surface area contributed by atoms with Crippen LogP contribution in [0.15, 0.2) is 29.1 Å². The van der Waals surface area contributed by atoms with Crippen LogP contribution in [0.2, 0.25) is 0 Å². The minimum absolute atomic E-state index is 0.00377. The largest absolute Gasteiger partial charge is 0.352 e. The molecule has 7 nitrogen and oxygen atoms in total. The molecule has 1 saturated heterocycles. The summed E-state index contributed by atoms with van der Waals surface area (Å²) in [5.41, 5.74) is 0.362. The number of nitrogens with zero attached hydrogens (tertiary/aromatic N) is 1. The second kappa shape index (κ2) is 6.11. The molecule has 0 spiro atoms. The standard InChI is InChI=1S/C15H17N3O4S/c19-14(16-10-7-8-23(21,22)9-10)6-5-13-17-12-4-2-1-3-11(12)15(20)18-13/h1-4,10H,5-9H2,(H,16,19)(H,17,18,20)/t10-/m1/s1. The van der Waals surface area contributed by atoms with E-state index in [-0.39, 0.29) is 35.4 Å². The van der Waals surface area contributed by atoms with Crippen molar-refractivity contribution in [3.05, 3.63) is 40.4 Å². The number of fused-ring (bicyclic) bond motifs is 1. The van der Waals surface area contributed by atoms with E-state index in [4.69, 9.17) is 0 Å². The van der Waals surface area contributed by atoms with E-state index < -0.39 is 9.84 Å². The molecule has 0 unspecified atom stereocenters. The summed E-state index contributed by atoms with van der Waals surface area (Å²) in [6, 6.07) is 6.69. The Kier molecular flexibility index (Phi) is 4.16. The Morgan fingerprint density at radius 2 is 2.13 bits per heavy atom. The van der Waals surface area contributed by atoms with Gasteiger partial charge in [-0.05, 0) is 18.6 Å². The Morgan fingerprint density at radius 1 is 1.35 bits per heavy atom. The Balaban J connectivity index is 1.62. The lowest BCUT2D eigenvalue weighted by Crippen LogP contribution is -2.35. The van der Waals surface area contributed by atoms with Crippen molar-refractivity contribution in [1.29, 1.82) is 0 Å². The number of amides is 1. The van der Waals surface area contributed by atoms with Crippen LogP contribution < -0.4 is 10.9 Å². The Hall–Kier alpha value is -2.22. The normalized spacial score (nSPS) is 19.7. The Morgan fingerprint density at radius 3 is 2.87 bits per heavy atom. The molecule has 1 aliphatic heterocycles. The minimum Gasteiger partial charge on any atom is -0.352 e. The summed E-state index contributed by atoms with van der Waals surface area (Å²) in [5, 5.41) is 3.23. The summed E-state index contributed by atoms with van der Waals surface area (Å²) in [6.07, 6.45) is 0.905. The van der Waals surface area contributed by atoms with Crippen LogP contribution in [0, 0.1) is 0 Å². The number of carbonyl (C=O) groups excluding carboxylic acids is 1. The van der Waals surface area contributed by atoms with Gasteiger partial charge in [-0.3, -0.25) is 9.59 Å². The van der Waals surface area contributed by atoms with Gasteiger partial charge in [-0.1, -0.05) is 12.1 Å². The van der Waals surface area contributed by atoms with Gasteiger partial charge in [0, 0.05) is 18.9 Å². The molecule has 1 atom stereocenters. The molecule has 1 fully saturated rings. The first-order valence-corrected chi connectivity index (χ1v) is 9.23. The molecular formula is C15H17N3O4S. The van der Waals surface area contributed by atoms with Crippen molar-refractivity contribution in [2.45, 2.75) is 25.3 Å². The lowest BCUT2D eigenvalue weighted by Gasteiger charge is -2.10. The number of hydrogen-bond donors (Lipinski definition) is 2. The van der Waals surface area contributed by atoms with Crippen LogP contribution in [0.3, 0.4) is 0 Å². The molecule has 1 aliphatic rings. The summed E-state index contributed by atoms with van der Waals surface area (Å²) in [5.74, 6) is 0.340. The highest BCUT2D eigenvalue weighted by Crippen LogP contribution is 2.11. The average Bonchev–Trinajstić information content (AvgIpc) is 2.84. The van der Waals surface area contributed by atoms with Gasteiger partial charge in [-0.15, -0.1) is 0 Å². The van der Waals surface area contributed by atoms with E-state index >= 15 is 0 Å². The predicted molar refractivity (Wildman–Crippen MR) is 85.9 cm³/mol. The van der Waals surface area contributed by atoms with Crippen molar-refractivity contribution >= 4 is 26.6 Å². The maximum atomic E-state index is 11.9. The van der Waals surface area contributed by atoms with Gasteiger partial charge in [-0.2, -0.15) is 0 Å². The van der Waals surface area contributed by atoms with E-state index in [2.05, 4.69) is 15.3 Å². The molecule has 3 rings (SSSR count). The summed E-state index contributed by atoms with van der Waals surface area (Å²) >= 11 is 0. The highest BCUT2D eigenvalue weighted by Gasteiger charge is 2.28. The third kappa shape index (κ3) is 3.76. The molecule has 1 aromatic carbocycles. The Labute approximate surface area is 133 Å². The van der Waals surface area contributed by atoms with E-state index in [0.29, 0.717) is 29.6 Å². The van der Waals surface area contributed by atoms with Gasteiger partial charge in [0.15, 0.2) is 9.84 Å². The van der Waals surface area contributed by atoms with E-state index in [1.165, 1.54) is 0 Å². The molecule has 0 aliphatic carbocycles. The van der Waals surface area contributed by atoms with E-state index in [9.17, 15) is 18.0 Å². The highest BCUT2D eigenvalue weighted by atomic mass is 32.2. The molecule has 0 bridgehead atoms. The average molecular weight is 335 g/mol. The van der Waals surface area contributed by atoms with Gasteiger partial charge in [0.05, 0.1) is 22.4 Å². The summed E-state index contributed by atoms with van der Waals surface area (Å²) in [4.78, 5) is 30.8. The molecule has 2 aromatic rings. The van der Waals surface area contributed by atoms with E-state index in [1.807, 2.05) is 0 Å². The third-order valence-electron chi connectivity index (χ3n) is 3.85. The van der Waals surface area contributed by atoms with Crippen LogP contribution >= 0.6 is 0 Å². The fraction of sp³-hybridized carbons (Fsp3) is 0.400. The first-order valence-electron chi connectivity index (χ1n) is 7.41. The molecule has 23 heavy (non-hydrogen) atoms. The molecule has 0 radical (unpaired) electrons. The summed E-state index contributed by atoms with van der Waals surface area (Å²) < 4.78 is 22.7. The van der Waals surface area contributed by atoms with E-state index in [0.717, 1.165) is 0 Å². The third-order valence-corrected chi connectivity index (χ3v) is 5.62. The fourth-order valence-corrected chi connectivity index (χ4v) is 4.37. The van der Waals surface area contributed by atoms with E-state index in [1.54, 1.807) is 24.3 Å². The number of rotatable bonds is 4. The first kappa shape index (κ1) is 15.7. The number of H-pyrrole nitrogens is 1. The van der Waals surface area contributed by atoms with Crippen LogP contribution in [-0.4, -0.2) is 41.8 Å². The highest BCUT2D eigenvalue weighted by molar-refractivity contribution is 7.91. The van der Waals surface area contributed by atoms with Gasteiger partial charge in [0.25, 0.3) is 5.56 Å². The van der Waals surface area contributed by atoms with Crippen molar-refractivity contribution in [1.82, 2.24) is 15.3 Å². The Bertz CT molecular complexity index is 904. The monoisotopic (exact) mass is 335 g/mol. The van der Waals surface area contributed by atoms with Crippen molar-refractivity contribution in [3.63, 3.8) is 0 Å². The van der Waals surface area contributed by atoms with Crippen LogP contribution in [0.5, 0.6) is 0 Å². The second-order valence-electron chi connectivity index (χ2n) is 5.70. The lowest BCUT2D eigenvalue weighted by atomic mass is 10.2. The number of aryl methyl sites for hydroxylation is 1. The van der Waals surface area contributed by atoms with Crippen molar-refractivity contribution in [2.75, 3.05) is 11.5 Å².